The molecule has 0 bridgehead atoms. The molecule has 3 nitrogen and oxygen atoms in total. The van der Waals surface area contributed by atoms with Gasteiger partial charge >= 0.3 is 6.36 Å². The van der Waals surface area contributed by atoms with Gasteiger partial charge in [0.2, 0.25) is 9.84 Å². The van der Waals surface area contributed by atoms with E-state index in [1.54, 1.807) is 6.07 Å². The van der Waals surface area contributed by atoms with Crippen molar-refractivity contribution in [1.29, 1.82) is 0 Å². The van der Waals surface area contributed by atoms with Gasteiger partial charge in [0.05, 0.1) is 4.90 Å². The zero-order chi connectivity index (χ0) is 14.8. The van der Waals surface area contributed by atoms with E-state index in [1.807, 2.05) is 0 Å². The Kier molecular flexibility index (Phi) is 3.71. The Labute approximate surface area is 113 Å². The van der Waals surface area contributed by atoms with E-state index in [2.05, 4.69) is 4.74 Å². The van der Waals surface area contributed by atoms with Crippen molar-refractivity contribution in [2.45, 2.75) is 16.2 Å². The number of ether oxygens (including phenoxy) is 1. The molecule has 0 radical (unpaired) electrons. The van der Waals surface area contributed by atoms with Gasteiger partial charge in [0.25, 0.3) is 0 Å². The highest BCUT2D eigenvalue weighted by molar-refractivity contribution is 7.91. The molecule has 0 aliphatic carbocycles. The molecule has 0 unspecified atom stereocenters. The van der Waals surface area contributed by atoms with E-state index < -0.39 is 26.8 Å². The van der Waals surface area contributed by atoms with Crippen molar-refractivity contribution in [2.75, 3.05) is 0 Å². The van der Waals surface area contributed by atoms with E-state index in [9.17, 15) is 21.6 Å². The Morgan fingerprint density at radius 1 is 0.850 bits per heavy atom. The minimum Gasteiger partial charge on any atom is -0.404 e. The van der Waals surface area contributed by atoms with E-state index >= 15 is 0 Å². The number of alkyl halides is 3. The Morgan fingerprint density at radius 2 is 1.40 bits per heavy atom. The van der Waals surface area contributed by atoms with Crippen LogP contribution in [0.2, 0.25) is 0 Å². The molecule has 0 atom stereocenters. The van der Waals surface area contributed by atoms with Crippen LogP contribution in [0.15, 0.2) is 64.4 Å². The lowest BCUT2D eigenvalue weighted by Crippen LogP contribution is -2.19. The van der Waals surface area contributed by atoms with Gasteiger partial charge in [-0.15, -0.1) is 13.2 Å². The van der Waals surface area contributed by atoms with Gasteiger partial charge in [-0.1, -0.05) is 30.3 Å². The summed E-state index contributed by atoms with van der Waals surface area (Å²) < 4.78 is 65.2. The van der Waals surface area contributed by atoms with E-state index in [0.29, 0.717) is 0 Å². The Bertz CT molecular complexity index is 694. The molecule has 0 fully saturated rings. The van der Waals surface area contributed by atoms with Crippen molar-refractivity contribution in [3.05, 3.63) is 54.6 Å². The van der Waals surface area contributed by atoms with Gasteiger partial charge in [0.1, 0.15) is 10.6 Å². The molecular formula is C13H9F3O3S. The molecule has 0 aliphatic rings. The third kappa shape index (κ3) is 3.11. The van der Waals surface area contributed by atoms with E-state index in [1.165, 1.54) is 36.4 Å². The maximum absolute atomic E-state index is 12.3. The lowest BCUT2D eigenvalue weighted by Gasteiger charge is -2.13. The first kappa shape index (κ1) is 14.4. The van der Waals surface area contributed by atoms with Crippen molar-refractivity contribution < 1.29 is 26.3 Å². The van der Waals surface area contributed by atoms with Crippen molar-refractivity contribution in [2.24, 2.45) is 0 Å². The second kappa shape index (κ2) is 5.16. The summed E-state index contributed by atoms with van der Waals surface area (Å²) >= 11 is 0. The van der Waals surface area contributed by atoms with Crippen molar-refractivity contribution in [3.8, 4) is 5.75 Å². The van der Waals surface area contributed by atoms with Crippen LogP contribution in [-0.4, -0.2) is 14.8 Å². The number of halogens is 3. The van der Waals surface area contributed by atoms with E-state index in [-0.39, 0.29) is 4.90 Å². The maximum atomic E-state index is 12.3. The normalized spacial score (nSPS) is 12.2. The van der Waals surface area contributed by atoms with Crippen LogP contribution in [0.25, 0.3) is 0 Å². The molecule has 106 valence electrons. The summed E-state index contributed by atoms with van der Waals surface area (Å²) in [4.78, 5) is -0.623. The first-order chi connectivity index (χ1) is 9.31. The van der Waals surface area contributed by atoms with Crippen LogP contribution in [0.3, 0.4) is 0 Å². The highest BCUT2D eigenvalue weighted by Gasteiger charge is 2.34. The molecule has 0 saturated carbocycles. The van der Waals surface area contributed by atoms with Gasteiger partial charge in [-0.2, -0.15) is 0 Å². The van der Waals surface area contributed by atoms with E-state index in [4.69, 9.17) is 0 Å². The van der Waals surface area contributed by atoms with Gasteiger partial charge < -0.3 is 4.74 Å². The molecule has 20 heavy (non-hydrogen) atoms. The molecule has 2 aromatic rings. The summed E-state index contributed by atoms with van der Waals surface area (Å²) in [6.07, 6.45) is -4.96. The van der Waals surface area contributed by atoms with E-state index in [0.717, 1.165) is 12.1 Å². The van der Waals surface area contributed by atoms with Gasteiger partial charge in [0, 0.05) is 0 Å². The van der Waals surface area contributed by atoms with Crippen LogP contribution >= 0.6 is 0 Å². The Morgan fingerprint density at radius 3 is 2.00 bits per heavy atom. The summed E-state index contributed by atoms with van der Waals surface area (Å²) in [7, 11) is -4.07. The summed E-state index contributed by atoms with van der Waals surface area (Å²) in [5.74, 6) is -0.746. The molecule has 0 aromatic heterocycles. The van der Waals surface area contributed by atoms with Gasteiger partial charge in [-0.05, 0) is 24.3 Å². The highest BCUT2D eigenvalue weighted by Crippen LogP contribution is 2.32. The molecule has 2 aromatic carbocycles. The van der Waals surface area contributed by atoms with Crippen LogP contribution in [0, 0.1) is 0 Å². The fraction of sp³-hybridized carbons (Fsp3) is 0.0769. The molecular weight excluding hydrogens is 293 g/mol. The number of rotatable bonds is 3. The molecule has 0 amide bonds. The third-order valence-corrected chi connectivity index (χ3v) is 4.23. The number of hydrogen-bond acceptors (Lipinski definition) is 3. The van der Waals surface area contributed by atoms with Crippen LogP contribution in [-0.2, 0) is 9.84 Å². The predicted molar refractivity (Wildman–Crippen MR) is 65.0 cm³/mol. The zero-order valence-electron chi connectivity index (χ0n) is 9.96. The van der Waals surface area contributed by atoms with Crippen molar-refractivity contribution >= 4 is 9.84 Å². The van der Waals surface area contributed by atoms with Gasteiger partial charge in [0.15, 0.2) is 0 Å². The van der Waals surface area contributed by atoms with Crippen molar-refractivity contribution in [3.63, 3.8) is 0 Å². The lowest BCUT2D eigenvalue weighted by molar-refractivity contribution is -0.275. The molecule has 0 aliphatic heterocycles. The predicted octanol–water partition coefficient (Wildman–Crippen LogP) is 3.42. The first-order valence-electron chi connectivity index (χ1n) is 5.45. The fourth-order valence-electron chi connectivity index (χ4n) is 1.61. The minimum absolute atomic E-state index is 0.0989. The largest absolute Gasteiger partial charge is 0.573 e. The molecule has 2 rings (SSSR count). The smallest absolute Gasteiger partial charge is 0.404 e. The molecule has 0 saturated heterocycles. The van der Waals surface area contributed by atoms with Crippen LogP contribution in [0.5, 0.6) is 5.75 Å². The molecule has 0 spiro atoms. The summed E-state index contributed by atoms with van der Waals surface area (Å²) in [6, 6.07) is 11.8. The van der Waals surface area contributed by atoms with Crippen LogP contribution in [0.1, 0.15) is 0 Å². The first-order valence-corrected chi connectivity index (χ1v) is 6.94. The zero-order valence-corrected chi connectivity index (χ0v) is 10.8. The van der Waals surface area contributed by atoms with Gasteiger partial charge in [-0.25, -0.2) is 8.42 Å². The Balaban J connectivity index is 2.53. The van der Waals surface area contributed by atoms with Crippen molar-refractivity contribution in [1.82, 2.24) is 0 Å². The summed E-state index contributed by atoms with van der Waals surface area (Å²) in [6.45, 7) is 0. The summed E-state index contributed by atoms with van der Waals surface area (Å²) in [5.41, 5.74) is 0. The number of hydrogen-bond donors (Lipinski definition) is 0. The standard InChI is InChI=1S/C13H9F3O3S/c14-13(15,16)19-11-8-4-5-9-12(11)20(17,18)10-6-2-1-3-7-10/h1-9H. The fourth-order valence-corrected chi connectivity index (χ4v) is 3.01. The third-order valence-electron chi connectivity index (χ3n) is 2.42. The molecule has 0 heterocycles. The average Bonchev–Trinajstić information content (AvgIpc) is 2.38. The van der Waals surface area contributed by atoms with Crippen LogP contribution < -0.4 is 4.74 Å². The number of benzene rings is 2. The van der Waals surface area contributed by atoms with Gasteiger partial charge in [-0.3, -0.25) is 0 Å². The average molecular weight is 302 g/mol. The SMILES string of the molecule is O=S(=O)(c1ccccc1)c1ccccc1OC(F)(F)F. The minimum atomic E-state index is -4.96. The highest BCUT2D eigenvalue weighted by atomic mass is 32.2. The number of para-hydroxylation sites is 1. The lowest BCUT2D eigenvalue weighted by atomic mass is 10.3. The maximum Gasteiger partial charge on any atom is 0.573 e. The number of sulfone groups is 1. The molecule has 7 heteroatoms. The molecule has 0 N–H and O–H groups in total. The van der Waals surface area contributed by atoms with Crippen LogP contribution in [0.4, 0.5) is 13.2 Å². The topological polar surface area (TPSA) is 43.4 Å². The second-order valence-electron chi connectivity index (χ2n) is 3.81. The monoisotopic (exact) mass is 302 g/mol. The second-order valence-corrected chi connectivity index (χ2v) is 5.73. The summed E-state index contributed by atoms with van der Waals surface area (Å²) in [5, 5.41) is 0. The quantitative estimate of drug-likeness (QED) is 0.872. The Hall–Kier alpha value is -2.02.